The van der Waals surface area contributed by atoms with Crippen LogP contribution in [-0.4, -0.2) is 29.9 Å². The minimum absolute atomic E-state index is 0.162. The molecule has 0 radical (unpaired) electrons. The maximum atomic E-state index is 10.2. The number of nitrogens with one attached hydrogen (secondary N) is 1. The van der Waals surface area contributed by atoms with Gasteiger partial charge in [0.15, 0.2) is 0 Å². The highest BCUT2D eigenvalue weighted by molar-refractivity contribution is 5.81. The molecule has 0 aromatic heterocycles. The Bertz CT molecular complexity index is 143. The lowest BCUT2D eigenvalue weighted by atomic mass is 10.4. The molecule has 0 atom stereocenters. The molecule has 0 aliphatic rings. The van der Waals surface area contributed by atoms with E-state index in [0.29, 0.717) is 0 Å². The highest BCUT2D eigenvalue weighted by atomic mass is 17.1. The summed E-state index contributed by atoms with van der Waals surface area (Å²) in [6, 6.07) is 0. The molecule has 58 valence electrons. The van der Waals surface area contributed by atoms with E-state index in [1.165, 1.54) is 0 Å². The van der Waals surface area contributed by atoms with Crippen LogP contribution in [0.25, 0.3) is 0 Å². The summed E-state index contributed by atoms with van der Waals surface area (Å²) in [4.78, 5) is 13.4. The molecule has 0 heterocycles. The first-order valence-electron chi connectivity index (χ1n) is 2.60. The first-order chi connectivity index (χ1) is 4.70. The molecular weight excluding hydrogens is 138 g/mol. The lowest BCUT2D eigenvalue weighted by Crippen LogP contribution is -2.11. The number of hydrogen-bond donors (Lipinski definition) is 3. The number of carbonyl (C=O) groups is 1. The van der Waals surface area contributed by atoms with E-state index in [9.17, 15) is 4.79 Å². The molecule has 0 spiro atoms. The number of aliphatic hydroxyl groups excluding tert-OH is 1. The zero-order valence-electron chi connectivity index (χ0n) is 5.50. The van der Waals surface area contributed by atoms with E-state index in [-0.39, 0.29) is 12.3 Å². The largest absolute Gasteiger partial charge is 0.511 e. The fourth-order valence-corrected chi connectivity index (χ4v) is 0.395. The second-order valence-corrected chi connectivity index (χ2v) is 1.58. The predicted molar refractivity (Wildman–Crippen MR) is 33.4 cm³/mol. The van der Waals surface area contributed by atoms with Crippen LogP contribution < -0.4 is 5.32 Å². The van der Waals surface area contributed by atoms with Crippen LogP contribution in [0.5, 0.6) is 0 Å². The first kappa shape index (κ1) is 8.93. The van der Waals surface area contributed by atoms with Gasteiger partial charge in [0.1, 0.15) is 5.76 Å². The molecule has 0 aromatic rings. The molecule has 0 fully saturated rings. The van der Waals surface area contributed by atoms with Gasteiger partial charge in [-0.2, -0.15) is 5.26 Å². The van der Waals surface area contributed by atoms with Crippen molar-refractivity contribution in [2.45, 2.75) is 0 Å². The average molecular weight is 147 g/mol. The van der Waals surface area contributed by atoms with E-state index in [1.807, 2.05) is 0 Å². The van der Waals surface area contributed by atoms with Crippen molar-refractivity contribution < 1.29 is 20.0 Å². The molecule has 0 saturated heterocycles. The summed E-state index contributed by atoms with van der Waals surface area (Å²) < 4.78 is 0. The summed E-state index contributed by atoms with van der Waals surface area (Å²) in [6.45, 7) is 0.162. The summed E-state index contributed by atoms with van der Waals surface area (Å²) in [5, 5.41) is 19.1. The first-order valence-corrected chi connectivity index (χ1v) is 2.60. The summed E-state index contributed by atoms with van der Waals surface area (Å²) in [5.74, 6) is -1.19. The highest BCUT2D eigenvalue weighted by Gasteiger charge is 1.98. The van der Waals surface area contributed by atoms with Gasteiger partial charge < -0.3 is 10.4 Å². The van der Waals surface area contributed by atoms with Crippen LogP contribution in [0.4, 0.5) is 0 Å². The number of hydrogen-bond acceptors (Lipinski definition) is 5. The van der Waals surface area contributed by atoms with Crippen molar-refractivity contribution >= 4 is 5.97 Å². The Hall–Kier alpha value is -1.07. The van der Waals surface area contributed by atoms with E-state index in [4.69, 9.17) is 10.4 Å². The van der Waals surface area contributed by atoms with E-state index in [1.54, 1.807) is 7.05 Å². The lowest BCUT2D eigenvalue weighted by Gasteiger charge is -1.95. The molecule has 0 rings (SSSR count). The van der Waals surface area contributed by atoms with Gasteiger partial charge in [0.25, 0.3) is 0 Å². The van der Waals surface area contributed by atoms with Crippen molar-refractivity contribution in [3.8, 4) is 0 Å². The van der Waals surface area contributed by atoms with Crippen LogP contribution >= 0.6 is 0 Å². The lowest BCUT2D eigenvalue weighted by molar-refractivity contribution is -0.228. The predicted octanol–water partition coefficient (Wildman–Crippen LogP) is -0.336. The molecule has 0 aliphatic carbocycles. The van der Waals surface area contributed by atoms with Crippen LogP contribution in [0.15, 0.2) is 11.8 Å². The number of aliphatic hydroxyl groups is 1. The molecule has 0 amide bonds. The molecule has 0 aliphatic heterocycles. The Morgan fingerprint density at radius 2 is 2.40 bits per heavy atom. The van der Waals surface area contributed by atoms with Gasteiger partial charge in [-0.25, -0.2) is 4.79 Å². The SMILES string of the molecule is CNC/C(O)=C/C(=O)OO. The Morgan fingerprint density at radius 1 is 1.80 bits per heavy atom. The zero-order chi connectivity index (χ0) is 7.98. The Morgan fingerprint density at radius 3 is 2.80 bits per heavy atom. The van der Waals surface area contributed by atoms with Crippen LogP contribution in [0.3, 0.4) is 0 Å². The molecule has 0 bridgehead atoms. The van der Waals surface area contributed by atoms with Crippen LogP contribution in [-0.2, 0) is 9.68 Å². The summed E-state index contributed by atoms with van der Waals surface area (Å²) in [5.41, 5.74) is 0. The minimum atomic E-state index is -0.993. The normalized spacial score (nSPS) is 11.2. The van der Waals surface area contributed by atoms with Crippen molar-refractivity contribution in [2.24, 2.45) is 0 Å². The molecule has 3 N–H and O–H groups in total. The van der Waals surface area contributed by atoms with Gasteiger partial charge in [-0.1, -0.05) is 0 Å². The Balaban J connectivity index is 3.77. The molecule has 0 saturated carbocycles. The topological polar surface area (TPSA) is 78.8 Å². The standard InChI is InChI=1S/C5H9NO4/c1-6-3-4(7)2-5(8)10-9/h2,6-7,9H,3H2,1H3/b4-2-. The summed E-state index contributed by atoms with van der Waals surface area (Å²) in [7, 11) is 1.61. The smallest absolute Gasteiger partial charge is 0.369 e. The summed E-state index contributed by atoms with van der Waals surface area (Å²) in [6.07, 6.45) is 0.774. The van der Waals surface area contributed by atoms with Crippen molar-refractivity contribution in [2.75, 3.05) is 13.6 Å². The molecule has 5 heteroatoms. The third-order valence-corrected chi connectivity index (χ3v) is 0.732. The maximum Gasteiger partial charge on any atom is 0.369 e. The second kappa shape index (κ2) is 4.78. The monoisotopic (exact) mass is 147 g/mol. The molecule has 0 unspecified atom stereocenters. The van der Waals surface area contributed by atoms with E-state index in [0.717, 1.165) is 6.08 Å². The average Bonchev–Trinajstić information content (AvgIpc) is 1.88. The van der Waals surface area contributed by atoms with Gasteiger partial charge in [-0.3, -0.25) is 4.89 Å². The van der Waals surface area contributed by atoms with Gasteiger partial charge in [0.2, 0.25) is 0 Å². The molecule has 0 aromatic carbocycles. The minimum Gasteiger partial charge on any atom is -0.511 e. The van der Waals surface area contributed by atoms with Crippen molar-refractivity contribution in [3.05, 3.63) is 11.8 Å². The maximum absolute atomic E-state index is 10.2. The van der Waals surface area contributed by atoms with Gasteiger partial charge in [-0.15, -0.1) is 0 Å². The molecule has 10 heavy (non-hydrogen) atoms. The number of carbonyl (C=O) groups excluding carboxylic acids is 1. The fraction of sp³-hybridized carbons (Fsp3) is 0.400. The van der Waals surface area contributed by atoms with E-state index >= 15 is 0 Å². The van der Waals surface area contributed by atoms with Crippen molar-refractivity contribution in [1.29, 1.82) is 0 Å². The highest BCUT2D eigenvalue weighted by Crippen LogP contribution is 1.85. The van der Waals surface area contributed by atoms with Crippen molar-refractivity contribution in [3.63, 3.8) is 0 Å². The van der Waals surface area contributed by atoms with Crippen LogP contribution in [0.2, 0.25) is 0 Å². The molecule has 5 nitrogen and oxygen atoms in total. The Labute approximate surface area is 57.9 Å². The van der Waals surface area contributed by atoms with Gasteiger partial charge >= 0.3 is 5.97 Å². The third-order valence-electron chi connectivity index (χ3n) is 0.732. The van der Waals surface area contributed by atoms with Crippen LogP contribution in [0, 0.1) is 0 Å². The fourth-order valence-electron chi connectivity index (χ4n) is 0.395. The summed E-state index contributed by atoms with van der Waals surface area (Å²) >= 11 is 0. The molecular formula is C5H9NO4. The Kier molecular flexibility index (Phi) is 4.26. The van der Waals surface area contributed by atoms with Gasteiger partial charge in [0, 0.05) is 0 Å². The quantitative estimate of drug-likeness (QED) is 0.220. The van der Waals surface area contributed by atoms with E-state index < -0.39 is 5.97 Å². The van der Waals surface area contributed by atoms with E-state index in [2.05, 4.69) is 10.2 Å². The number of likely N-dealkylation sites (N-methyl/N-ethyl adjacent to an activating group) is 1. The van der Waals surface area contributed by atoms with Crippen molar-refractivity contribution in [1.82, 2.24) is 5.32 Å². The zero-order valence-corrected chi connectivity index (χ0v) is 5.50. The second-order valence-electron chi connectivity index (χ2n) is 1.58. The van der Waals surface area contributed by atoms with Gasteiger partial charge in [-0.05, 0) is 7.05 Å². The van der Waals surface area contributed by atoms with Gasteiger partial charge in [0.05, 0.1) is 12.6 Å². The number of rotatable bonds is 3. The third kappa shape index (κ3) is 3.88. The van der Waals surface area contributed by atoms with Crippen LogP contribution in [0.1, 0.15) is 0 Å².